The van der Waals surface area contributed by atoms with Gasteiger partial charge in [0, 0.05) is 24.1 Å². The van der Waals surface area contributed by atoms with Gasteiger partial charge in [-0.15, -0.1) is 6.58 Å². The molecule has 1 rings (SSSR count). The van der Waals surface area contributed by atoms with Crippen LogP contribution in [0.5, 0.6) is 5.75 Å². The highest BCUT2D eigenvalue weighted by Crippen LogP contribution is 2.25. The van der Waals surface area contributed by atoms with E-state index in [0.29, 0.717) is 12.4 Å². The zero-order valence-corrected chi connectivity index (χ0v) is 9.79. The Balaban J connectivity index is 2.76. The van der Waals surface area contributed by atoms with Crippen LogP contribution >= 0.6 is 0 Å². The number of nitrogens with two attached hydrogens (primary N) is 1. The Kier molecular flexibility index (Phi) is 4.50. The van der Waals surface area contributed by atoms with Gasteiger partial charge in [0.15, 0.2) is 0 Å². The first-order chi connectivity index (χ1) is 7.50. The molecule has 2 N–H and O–H groups in total. The molecule has 0 radical (unpaired) electrons. The summed E-state index contributed by atoms with van der Waals surface area (Å²) in [7, 11) is 0. The average molecular weight is 223 g/mol. The number of halogens is 1. The van der Waals surface area contributed by atoms with E-state index in [9.17, 15) is 4.39 Å². The molecule has 0 aliphatic carbocycles. The molecule has 3 heteroatoms. The van der Waals surface area contributed by atoms with Gasteiger partial charge in [-0.25, -0.2) is 4.39 Å². The second-order valence-electron chi connectivity index (χ2n) is 4.03. The minimum absolute atomic E-state index is 0.166. The second-order valence-corrected chi connectivity index (χ2v) is 4.03. The summed E-state index contributed by atoms with van der Waals surface area (Å²) in [4.78, 5) is 0. The number of hydrogen-bond acceptors (Lipinski definition) is 2. The van der Waals surface area contributed by atoms with E-state index in [2.05, 4.69) is 6.58 Å². The Morgan fingerprint density at radius 3 is 2.81 bits per heavy atom. The van der Waals surface area contributed by atoms with E-state index in [0.717, 1.165) is 17.6 Å². The molecular formula is C13H18FNO. The molecule has 0 aliphatic rings. The Hall–Kier alpha value is -1.35. The van der Waals surface area contributed by atoms with E-state index in [1.54, 1.807) is 6.07 Å². The lowest BCUT2D eigenvalue weighted by molar-refractivity contribution is 0.315. The molecule has 16 heavy (non-hydrogen) atoms. The van der Waals surface area contributed by atoms with Gasteiger partial charge >= 0.3 is 0 Å². The summed E-state index contributed by atoms with van der Waals surface area (Å²) >= 11 is 0. The first kappa shape index (κ1) is 12.7. The van der Waals surface area contributed by atoms with Crippen molar-refractivity contribution in [2.75, 3.05) is 6.61 Å². The summed E-state index contributed by atoms with van der Waals surface area (Å²) in [6.45, 7) is 8.06. The summed E-state index contributed by atoms with van der Waals surface area (Å²) in [5.74, 6) is 0.214. The third-order valence-electron chi connectivity index (χ3n) is 2.25. The highest BCUT2D eigenvalue weighted by molar-refractivity contribution is 5.36. The molecule has 0 amide bonds. The van der Waals surface area contributed by atoms with Crippen LogP contribution in [0.25, 0.3) is 0 Å². The normalized spacial score (nSPS) is 12.2. The van der Waals surface area contributed by atoms with Crippen molar-refractivity contribution in [3.8, 4) is 5.75 Å². The Labute approximate surface area is 95.9 Å². The van der Waals surface area contributed by atoms with Crippen LogP contribution < -0.4 is 10.5 Å². The predicted octanol–water partition coefficient (Wildman–Crippen LogP) is 3.19. The average Bonchev–Trinajstić information content (AvgIpc) is 2.16. The molecular weight excluding hydrogens is 205 g/mol. The molecule has 0 saturated heterocycles. The van der Waals surface area contributed by atoms with Crippen molar-refractivity contribution in [1.29, 1.82) is 0 Å². The van der Waals surface area contributed by atoms with E-state index in [4.69, 9.17) is 10.5 Å². The Morgan fingerprint density at radius 1 is 1.56 bits per heavy atom. The summed E-state index contributed by atoms with van der Waals surface area (Å²) in [6.07, 6.45) is 0.759. The van der Waals surface area contributed by atoms with Gasteiger partial charge in [0.25, 0.3) is 0 Å². The van der Waals surface area contributed by atoms with Crippen molar-refractivity contribution in [2.24, 2.45) is 5.73 Å². The summed E-state index contributed by atoms with van der Waals surface area (Å²) in [5.41, 5.74) is 7.64. The molecule has 1 aromatic rings. The van der Waals surface area contributed by atoms with Gasteiger partial charge in [-0.2, -0.15) is 0 Å². The first-order valence-electron chi connectivity index (χ1n) is 5.33. The SMILES string of the molecule is C=C(C)CCOc1cc(F)ccc1C(C)N. The standard InChI is InChI=1S/C13H18FNO/c1-9(2)6-7-16-13-8-11(14)4-5-12(13)10(3)15/h4-5,8,10H,1,6-7,15H2,2-3H3. The molecule has 0 aromatic heterocycles. The highest BCUT2D eigenvalue weighted by Gasteiger charge is 2.09. The maximum Gasteiger partial charge on any atom is 0.126 e. The van der Waals surface area contributed by atoms with Crippen LogP contribution in [-0.2, 0) is 0 Å². The molecule has 88 valence electrons. The van der Waals surface area contributed by atoms with Crippen molar-refractivity contribution in [3.05, 3.63) is 41.7 Å². The third-order valence-corrected chi connectivity index (χ3v) is 2.25. The van der Waals surface area contributed by atoms with Gasteiger partial charge in [-0.3, -0.25) is 0 Å². The van der Waals surface area contributed by atoms with Crippen LogP contribution in [0.2, 0.25) is 0 Å². The van der Waals surface area contributed by atoms with Gasteiger partial charge in [-0.05, 0) is 19.9 Å². The smallest absolute Gasteiger partial charge is 0.126 e. The fourth-order valence-electron chi connectivity index (χ4n) is 1.34. The lowest BCUT2D eigenvalue weighted by atomic mass is 10.1. The molecule has 0 saturated carbocycles. The summed E-state index contributed by atoms with van der Waals surface area (Å²) < 4.78 is 18.6. The molecule has 1 unspecified atom stereocenters. The van der Waals surface area contributed by atoms with Crippen molar-refractivity contribution >= 4 is 0 Å². The number of benzene rings is 1. The Bertz CT molecular complexity index is 374. The van der Waals surface area contributed by atoms with Gasteiger partial charge < -0.3 is 10.5 Å². The first-order valence-corrected chi connectivity index (χ1v) is 5.33. The van der Waals surface area contributed by atoms with Crippen molar-refractivity contribution in [2.45, 2.75) is 26.3 Å². The molecule has 0 spiro atoms. The van der Waals surface area contributed by atoms with E-state index >= 15 is 0 Å². The van der Waals surface area contributed by atoms with E-state index in [1.807, 2.05) is 13.8 Å². The monoisotopic (exact) mass is 223 g/mol. The summed E-state index contributed by atoms with van der Waals surface area (Å²) in [5, 5.41) is 0. The van der Waals surface area contributed by atoms with E-state index in [-0.39, 0.29) is 11.9 Å². The molecule has 0 aliphatic heterocycles. The van der Waals surface area contributed by atoms with Crippen molar-refractivity contribution in [3.63, 3.8) is 0 Å². The maximum absolute atomic E-state index is 13.1. The largest absolute Gasteiger partial charge is 0.493 e. The molecule has 0 bridgehead atoms. The minimum Gasteiger partial charge on any atom is -0.493 e. The fraction of sp³-hybridized carbons (Fsp3) is 0.385. The maximum atomic E-state index is 13.1. The zero-order chi connectivity index (χ0) is 12.1. The van der Waals surface area contributed by atoms with Gasteiger partial charge in [-0.1, -0.05) is 11.6 Å². The number of ether oxygens (including phenoxy) is 1. The van der Waals surface area contributed by atoms with Gasteiger partial charge in [0.05, 0.1) is 6.61 Å². The Morgan fingerprint density at radius 2 is 2.25 bits per heavy atom. The lowest BCUT2D eigenvalue weighted by Crippen LogP contribution is -2.09. The fourth-order valence-corrected chi connectivity index (χ4v) is 1.34. The molecule has 1 atom stereocenters. The third kappa shape index (κ3) is 3.66. The number of rotatable bonds is 5. The lowest BCUT2D eigenvalue weighted by Gasteiger charge is -2.14. The topological polar surface area (TPSA) is 35.2 Å². The van der Waals surface area contributed by atoms with Crippen molar-refractivity contribution < 1.29 is 9.13 Å². The van der Waals surface area contributed by atoms with Gasteiger partial charge in [0.2, 0.25) is 0 Å². The van der Waals surface area contributed by atoms with Crippen LogP contribution in [0, 0.1) is 5.82 Å². The quantitative estimate of drug-likeness (QED) is 0.778. The van der Waals surface area contributed by atoms with Crippen molar-refractivity contribution in [1.82, 2.24) is 0 Å². The van der Waals surface area contributed by atoms with Crippen LogP contribution in [0.3, 0.4) is 0 Å². The summed E-state index contributed by atoms with van der Waals surface area (Å²) in [6, 6.07) is 4.26. The molecule has 2 nitrogen and oxygen atoms in total. The number of hydrogen-bond donors (Lipinski definition) is 1. The molecule has 0 fully saturated rings. The second kappa shape index (κ2) is 5.66. The zero-order valence-electron chi connectivity index (χ0n) is 9.79. The van der Waals surface area contributed by atoms with Gasteiger partial charge in [0.1, 0.15) is 11.6 Å². The van der Waals surface area contributed by atoms with E-state index < -0.39 is 0 Å². The van der Waals surface area contributed by atoms with Crippen LogP contribution in [0.4, 0.5) is 4.39 Å². The molecule has 1 aromatic carbocycles. The van der Waals surface area contributed by atoms with Crippen LogP contribution in [0.15, 0.2) is 30.4 Å². The van der Waals surface area contributed by atoms with Crippen LogP contribution in [0.1, 0.15) is 31.9 Å². The van der Waals surface area contributed by atoms with Crippen LogP contribution in [-0.4, -0.2) is 6.61 Å². The molecule has 0 heterocycles. The minimum atomic E-state index is -0.310. The van der Waals surface area contributed by atoms with E-state index in [1.165, 1.54) is 12.1 Å². The predicted molar refractivity (Wildman–Crippen MR) is 63.9 cm³/mol. The highest BCUT2D eigenvalue weighted by atomic mass is 19.1.